The molecular formula is C28H25ClN4O2S. The molecule has 0 unspecified atom stereocenters. The molecule has 36 heavy (non-hydrogen) atoms. The molecule has 2 aromatic carbocycles. The van der Waals surface area contributed by atoms with Gasteiger partial charge in [-0.2, -0.15) is 0 Å². The quantitative estimate of drug-likeness (QED) is 0.319. The molecule has 182 valence electrons. The number of anilines is 1. The number of rotatable bonds is 4. The van der Waals surface area contributed by atoms with E-state index in [1.807, 2.05) is 54.7 Å². The van der Waals surface area contributed by atoms with E-state index in [9.17, 15) is 0 Å². The maximum absolute atomic E-state index is 6.40. The fourth-order valence-corrected chi connectivity index (χ4v) is 5.78. The van der Waals surface area contributed by atoms with Crippen molar-refractivity contribution in [1.82, 2.24) is 14.9 Å². The van der Waals surface area contributed by atoms with Crippen LogP contribution in [0.1, 0.15) is 40.3 Å². The van der Waals surface area contributed by atoms with Gasteiger partial charge in [-0.15, -0.1) is 0 Å². The number of hydrogen-bond acceptors (Lipinski definition) is 4. The van der Waals surface area contributed by atoms with E-state index >= 15 is 0 Å². The van der Waals surface area contributed by atoms with E-state index in [-0.39, 0.29) is 18.9 Å². The molecule has 4 heterocycles. The number of benzene rings is 2. The van der Waals surface area contributed by atoms with E-state index in [0.29, 0.717) is 10.1 Å². The summed E-state index contributed by atoms with van der Waals surface area (Å²) in [5.74, 6) is 1.46. The van der Waals surface area contributed by atoms with Crippen molar-refractivity contribution in [2.45, 2.75) is 32.9 Å². The molecular weight excluding hydrogens is 492 g/mol. The smallest absolute Gasteiger partial charge is 0.231 e. The number of ether oxygens (including phenoxy) is 2. The Morgan fingerprint density at radius 2 is 1.83 bits per heavy atom. The predicted molar refractivity (Wildman–Crippen MR) is 145 cm³/mol. The number of hydrogen-bond donors (Lipinski definition) is 1. The third-order valence-electron chi connectivity index (χ3n) is 6.93. The van der Waals surface area contributed by atoms with Crippen molar-refractivity contribution in [2.24, 2.45) is 0 Å². The molecule has 1 saturated heterocycles. The third kappa shape index (κ3) is 3.70. The normalized spacial score (nSPS) is 18.6. The Morgan fingerprint density at radius 1 is 1.00 bits per heavy atom. The average Bonchev–Trinajstić information content (AvgIpc) is 3.56. The maximum Gasteiger partial charge on any atom is 0.231 e. The summed E-state index contributed by atoms with van der Waals surface area (Å²) in [5.41, 5.74) is 7.49. The van der Waals surface area contributed by atoms with Crippen molar-refractivity contribution in [1.29, 1.82) is 0 Å². The lowest BCUT2D eigenvalue weighted by Gasteiger charge is -2.28. The van der Waals surface area contributed by atoms with E-state index in [4.69, 9.17) is 33.3 Å². The lowest BCUT2D eigenvalue weighted by Crippen LogP contribution is -2.29. The number of pyridine rings is 1. The number of aryl methyl sites for hydroxylation is 2. The molecule has 0 aliphatic carbocycles. The Morgan fingerprint density at radius 3 is 2.64 bits per heavy atom. The fraction of sp³-hybridized carbons (Fsp3) is 0.214. The van der Waals surface area contributed by atoms with Crippen molar-refractivity contribution < 1.29 is 9.47 Å². The first-order chi connectivity index (χ1) is 17.4. The number of nitrogens with zero attached hydrogens (tertiary/aromatic N) is 3. The van der Waals surface area contributed by atoms with Crippen molar-refractivity contribution in [3.63, 3.8) is 0 Å². The molecule has 1 fully saturated rings. The van der Waals surface area contributed by atoms with E-state index in [1.54, 1.807) is 0 Å². The van der Waals surface area contributed by atoms with Crippen LogP contribution in [0.15, 0.2) is 66.9 Å². The molecule has 0 bridgehead atoms. The zero-order chi connectivity index (χ0) is 25.0. The fourth-order valence-electron chi connectivity index (χ4n) is 5.27. The summed E-state index contributed by atoms with van der Waals surface area (Å²) in [6.07, 6.45) is 1.82. The van der Waals surface area contributed by atoms with Gasteiger partial charge < -0.3 is 24.3 Å². The molecule has 0 radical (unpaired) electrons. The van der Waals surface area contributed by atoms with Gasteiger partial charge in [0.2, 0.25) is 6.79 Å². The van der Waals surface area contributed by atoms with Gasteiger partial charge in [0, 0.05) is 40.0 Å². The number of aromatic nitrogens is 2. The highest BCUT2D eigenvalue weighted by molar-refractivity contribution is 7.80. The molecule has 0 saturated carbocycles. The third-order valence-corrected chi connectivity index (χ3v) is 7.48. The van der Waals surface area contributed by atoms with E-state index in [2.05, 4.69) is 52.7 Å². The standard InChI is InChI=1S/C28H25ClN4O2S/c1-16-7-8-19(29)13-23(16)32-17(2)12-21(18(32)3)27-26(22-6-4-5-11-30-22)31-28(36)33(27)20-9-10-24-25(14-20)35-15-34-24/h4-14,26-27H,15H2,1-3H3,(H,31,36)/t26-,27+/m1/s1. The van der Waals surface area contributed by atoms with Crippen LogP contribution in [0.4, 0.5) is 5.69 Å². The van der Waals surface area contributed by atoms with Gasteiger partial charge in [-0.05, 0) is 86.6 Å². The van der Waals surface area contributed by atoms with Crippen LogP contribution in [0.3, 0.4) is 0 Å². The summed E-state index contributed by atoms with van der Waals surface area (Å²) in [6, 6.07) is 19.9. The molecule has 2 atom stereocenters. The highest BCUT2D eigenvalue weighted by Crippen LogP contribution is 2.46. The maximum atomic E-state index is 6.40. The first kappa shape index (κ1) is 22.9. The Hall–Kier alpha value is -3.55. The summed E-state index contributed by atoms with van der Waals surface area (Å²) in [4.78, 5) is 6.84. The van der Waals surface area contributed by atoms with E-state index < -0.39 is 0 Å². The van der Waals surface area contributed by atoms with Gasteiger partial charge in [-0.25, -0.2) is 0 Å². The average molecular weight is 517 g/mol. The predicted octanol–water partition coefficient (Wildman–Crippen LogP) is 6.36. The zero-order valence-electron chi connectivity index (χ0n) is 20.2. The zero-order valence-corrected chi connectivity index (χ0v) is 21.7. The van der Waals surface area contributed by atoms with Crippen LogP contribution < -0.4 is 19.7 Å². The minimum absolute atomic E-state index is 0.132. The second kappa shape index (κ2) is 8.84. The molecule has 6 nitrogen and oxygen atoms in total. The van der Waals surface area contributed by atoms with Crippen LogP contribution >= 0.6 is 23.8 Å². The summed E-state index contributed by atoms with van der Waals surface area (Å²) < 4.78 is 13.5. The lowest BCUT2D eigenvalue weighted by molar-refractivity contribution is 0.174. The summed E-state index contributed by atoms with van der Waals surface area (Å²) in [6.45, 7) is 6.60. The molecule has 6 rings (SSSR count). The number of fused-ring (bicyclic) bond motifs is 1. The monoisotopic (exact) mass is 516 g/mol. The Balaban J connectivity index is 1.53. The largest absolute Gasteiger partial charge is 0.454 e. The van der Waals surface area contributed by atoms with Crippen LogP contribution in [-0.2, 0) is 0 Å². The molecule has 8 heteroatoms. The molecule has 2 aliphatic heterocycles. The summed E-state index contributed by atoms with van der Waals surface area (Å²) in [5, 5.41) is 4.89. The number of thiocarbonyl (C=S) groups is 1. The SMILES string of the molecule is Cc1ccc(Cl)cc1-n1c(C)cc([C@H]2[C@@H](c3ccccn3)NC(=S)N2c2ccc3c(c2)OCO3)c1C. The number of nitrogens with one attached hydrogen (secondary N) is 1. The lowest BCUT2D eigenvalue weighted by atomic mass is 9.96. The minimum atomic E-state index is -0.140. The molecule has 1 N–H and O–H groups in total. The van der Waals surface area contributed by atoms with Gasteiger partial charge in [0.25, 0.3) is 0 Å². The van der Waals surface area contributed by atoms with Crippen LogP contribution in [0, 0.1) is 20.8 Å². The Labute approximate surface area is 220 Å². The van der Waals surface area contributed by atoms with Gasteiger partial charge in [0.1, 0.15) is 0 Å². The van der Waals surface area contributed by atoms with Crippen LogP contribution in [0.25, 0.3) is 5.69 Å². The summed E-state index contributed by atoms with van der Waals surface area (Å²) in [7, 11) is 0. The molecule has 2 aromatic heterocycles. The Kier molecular flexibility index (Phi) is 5.62. The van der Waals surface area contributed by atoms with Crippen LogP contribution in [-0.4, -0.2) is 21.5 Å². The van der Waals surface area contributed by atoms with Crippen molar-refractivity contribution in [2.75, 3.05) is 11.7 Å². The second-order valence-electron chi connectivity index (χ2n) is 9.13. The first-order valence-electron chi connectivity index (χ1n) is 11.8. The van der Waals surface area contributed by atoms with Crippen LogP contribution in [0.5, 0.6) is 11.5 Å². The van der Waals surface area contributed by atoms with Crippen molar-refractivity contribution >= 4 is 34.6 Å². The van der Waals surface area contributed by atoms with Gasteiger partial charge in [0.15, 0.2) is 16.6 Å². The molecule has 0 amide bonds. The molecule has 4 aromatic rings. The second-order valence-corrected chi connectivity index (χ2v) is 9.95. The van der Waals surface area contributed by atoms with Crippen LogP contribution in [0.2, 0.25) is 5.02 Å². The van der Waals surface area contributed by atoms with Gasteiger partial charge in [0.05, 0.1) is 17.8 Å². The number of halogens is 1. The highest BCUT2D eigenvalue weighted by Gasteiger charge is 2.42. The van der Waals surface area contributed by atoms with Gasteiger partial charge in [-0.1, -0.05) is 23.7 Å². The highest BCUT2D eigenvalue weighted by atomic mass is 35.5. The first-order valence-corrected chi connectivity index (χ1v) is 12.6. The molecule has 0 spiro atoms. The van der Waals surface area contributed by atoms with E-state index in [0.717, 1.165) is 51.1 Å². The van der Waals surface area contributed by atoms with Crippen molar-refractivity contribution in [3.8, 4) is 17.2 Å². The van der Waals surface area contributed by atoms with Gasteiger partial charge >= 0.3 is 0 Å². The van der Waals surface area contributed by atoms with Gasteiger partial charge in [-0.3, -0.25) is 4.98 Å². The van der Waals surface area contributed by atoms with E-state index in [1.165, 1.54) is 0 Å². The minimum Gasteiger partial charge on any atom is -0.454 e. The molecule has 2 aliphatic rings. The topological polar surface area (TPSA) is 51.6 Å². The van der Waals surface area contributed by atoms with Crippen molar-refractivity contribution in [3.05, 3.63) is 100 Å². The Bertz CT molecular complexity index is 1490. The summed E-state index contributed by atoms with van der Waals surface area (Å²) >= 11 is 12.3.